The molecule has 30 heavy (non-hydrogen) atoms. The molecule has 2 aromatic carbocycles. The van der Waals surface area contributed by atoms with Crippen molar-refractivity contribution >= 4 is 17.5 Å². The number of nitrogens with one attached hydrogen (secondary N) is 1. The van der Waals surface area contributed by atoms with Gasteiger partial charge in [-0.05, 0) is 55.3 Å². The SMILES string of the molecule is COc1ccc(C(=O)C2CCCN(Cc3ccc(N4CCNC4=O)cc3)C2)cc1F. The van der Waals surface area contributed by atoms with Gasteiger partial charge in [0.15, 0.2) is 17.3 Å². The normalized spacial score (nSPS) is 19.6. The number of urea groups is 1. The topological polar surface area (TPSA) is 61.9 Å². The highest BCUT2D eigenvalue weighted by Crippen LogP contribution is 2.25. The lowest BCUT2D eigenvalue weighted by Gasteiger charge is -2.32. The van der Waals surface area contributed by atoms with E-state index in [9.17, 15) is 14.0 Å². The fraction of sp³-hybridized carbons (Fsp3) is 0.391. The van der Waals surface area contributed by atoms with Crippen molar-refractivity contribution in [3.8, 4) is 5.75 Å². The molecule has 158 valence electrons. The molecule has 2 saturated heterocycles. The van der Waals surface area contributed by atoms with Crippen LogP contribution in [0.1, 0.15) is 28.8 Å². The van der Waals surface area contributed by atoms with Crippen molar-refractivity contribution in [3.05, 3.63) is 59.4 Å². The van der Waals surface area contributed by atoms with Crippen molar-refractivity contribution in [3.63, 3.8) is 0 Å². The van der Waals surface area contributed by atoms with Gasteiger partial charge in [-0.3, -0.25) is 14.6 Å². The van der Waals surface area contributed by atoms with Crippen molar-refractivity contribution in [1.82, 2.24) is 10.2 Å². The van der Waals surface area contributed by atoms with Gasteiger partial charge in [-0.25, -0.2) is 9.18 Å². The van der Waals surface area contributed by atoms with E-state index in [2.05, 4.69) is 10.2 Å². The molecule has 2 aliphatic heterocycles. The number of Topliss-reactive ketones (excluding diaryl/α,β-unsaturated/α-hetero) is 1. The Morgan fingerprint density at radius 1 is 1.20 bits per heavy atom. The zero-order valence-electron chi connectivity index (χ0n) is 17.1. The van der Waals surface area contributed by atoms with E-state index >= 15 is 0 Å². The summed E-state index contributed by atoms with van der Waals surface area (Å²) in [5.74, 6) is -0.523. The van der Waals surface area contributed by atoms with E-state index in [1.807, 2.05) is 24.3 Å². The average Bonchev–Trinajstić information content (AvgIpc) is 3.20. The molecule has 1 N–H and O–H groups in total. The molecular weight excluding hydrogens is 385 g/mol. The molecule has 1 unspecified atom stereocenters. The number of benzene rings is 2. The summed E-state index contributed by atoms with van der Waals surface area (Å²) in [5.41, 5.74) is 2.43. The molecule has 0 saturated carbocycles. The molecule has 2 fully saturated rings. The first-order valence-electron chi connectivity index (χ1n) is 10.3. The Kier molecular flexibility index (Phi) is 5.99. The Labute approximate surface area is 175 Å². The molecule has 0 aliphatic carbocycles. The molecule has 2 aromatic rings. The van der Waals surface area contributed by atoms with Crippen LogP contribution in [0.15, 0.2) is 42.5 Å². The zero-order valence-corrected chi connectivity index (χ0v) is 17.1. The molecule has 1 atom stereocenters. The minimum atomic E-state index is -0.511. The Hall–Kier alpha value is -2.93. The summed E-state index contributed by atoms with van der Waals surface area (Å²) in [6, 6.07) is 12.3. The zero-order chi connectivity index (χ0) is 21.1. The maximum Gasteiger partial charge on any atom is 0.321 e. The summed E-state index contributed by atoms with van der Waals surface area (Å²) in [5, 5.41) is 2.80. The molecule has 2 amide bonds. The number of rotatable bonds is 6. The lowest BCUT2D eigenvalue weighted by Crippen LogP contribution is -2.38. The van der Waals surface area contributed by atoms with Crippen LogP contribution in [0, 0.1) is 11.7 Å². The monoisotopic (exact) mass is 411 g/mol. The third kappa shape index (κ3) is 4.31. The van der Waals surface area contributed by atoms with Crippen molar-refractivity contribution in [2.24, 2.45) is 5.92 Å². The number of ether oxygens (including phenoxy) is 1. The van der Waals surface area contributed by atoms with Gasteiger partial charge in [0.1, 0.15) is 0 Å². The van der Waals surface area contributed by atoms with Gasteiger partial charge < -0.3 is 10.1 Å². The van der Waals surface area contributed by atoms with Crippen LogP contribution in [0.4, 0.5) is 14.9 Å². The third-order valence-corrected chi connectivity index (χ3v) is 5.82. The second kappa shape index (κ2) is 8.83. The molecule has 2 heterocycles. The third-order valence-electron chi connectivity index (χ3n) is 5.82. The Balaban J connectivity index is 1.38. The summed E-state index contributed by atoms with van der Waals surface area (Å²) in [6.07, 6.45) is 1.74. The van der Waals surface area contributed by atoms with Crippen LogP contribution in [-0.2, 0) is 6.54 Å². The summed E-state index contributed by atoms with van der Waals surface area (Å²) in [7, 11) is 1.41. The number of ketones is 1. The Morgan fingerprint density at radius 2 is 2.00 bits per heavy atom. The van der Waals surface area contributed by atoms with E-state index < -0.39 is 5.82 Å². The maximum absolute atomic E-state index is 14.0. The molecule has 2 aliphatic rings. The lowest BCUT2D eigenvalue weighted by atomic mass is 9.89. The maximum atomic E-state index is 14.0. The standard InChI is InChI=1S/C23H26FN3O3/c1-30-21-9-6-17(13-20(21)24)22(28)18-3-2-11-26(15-18)14-16-4-7-19(8-5-16)27-12-10-25-23(27)29/h4-9,13,18H,2-3,10-12,14-15H2,1H3,(H,25,29). The summed E-state index contributed by atoms with van der Waals surface area (Å²) in [4.78, 5) is 28.7. The lowest BCUT2D eigenvalue weighted by molar-refractivity contribution is 0.0811. The number of halogens is 1. The molecular formula is C23H26FN3O3. The highest BCUT2D eigenvalue weighted by molar-refractivity contribution is 5.98. The number of amides is 2. The van der Waals surface area contributed by atoms with Gasteiger partial charge in [0.25, 0.3) is 0 Å². The van der Waals surface area contributed by atoms with E-state index in [0.717, 1.165) is 37.2 Å². The second-order valence-electron chi connectivity index (χ2n) is 7.84. The first kappa shape index (κ1) is 20.3. The van der Waals surface area contributed by atoms with Crippen molar-refractivity contribution in [2.75, 3.05) is 38.2 Å². The van der Waals surface area contributed by atoms with Gasteiger partial charge in [0.2, 0.25) is 0 Å². The number of anilines is 1. The number of nitrogens with zero attached hydrogens (tertiary/aromatic N) is 2. The van der Waals surface area contributed by atoms with Gasteiger partial charge in [0.05, 0.1) is 7.11 Å². The van der Waals surface area contributed by atoms with Crippen LogP contribution in [-0.4, -0.2) is 50.0 Å². The second-order valence-corrected chi connectivity index (χ2v) is 7.84. The minimum absolute atomic E-state index is 0.0170. The largest absolute Gasteiger partial charge is 0.494 e. The highest BCUT2D eigenvalue weighted by Gasteiger charge is 2.27. The van der Waals surface area contributed by atoms with Gasteiger partial charge >= 0.3 is 6.03 Å². The van der Waals surface area contributed by atoms with Crippen molar-refractivity contribution < 1.29 is 18.7 Å². The molecule has 0 bridgehead atoms. The Bertz CT molecular complexity index is 932. The van der Waals surface area contributed by atoms with E-state index in [0.29, 0.717) is 25.2 Å². The number of methoxy groups -OCH3 is 1. The van der Waals surface area contributed by atoms with E-state index in [4.69, 9.17) is 4.74 Å². The van der Waals surface area contributed by atoms with E-state index in [1.54, 1.807) is 11.0 Å². The number of likely N-dealkylation sites (tertiary alicyclic amines) is 1. The number of piperidine rings is 1. The van der Waals surface area contributed by atoms with Gasteiger partial charge in [0, 0.05) is 43.3 Å². The average molecular weight is 411 g/mol. The molecule has 0 aromatic heterocycles. The van der Waals surface area contributed by atoms with Crippen molar-refractivity contribution in [1.29, 1.82) is 0 Å². The number of hydrogen-bond donors (Lipinski definition) is 1. The quantitative estimate of drug-likeness (QED) is 0.740. The molecule has 0 radical (unpaired) electrons. The van der Waals surface area contributed by atoms with Crippen LogP contribution in [0.2, 0.25) is 0 Å². The molecule has 0 spiro atoms. The first-order valence-corrected chi connectivity index (χ1v) is 10.3. The van der Waals surface area contributed by atoms with Crippen LogP contribution in [0.3, 0.4) is 0 Å². The minimum Gasteiger partial charge on any atom is -0.494 e. The van der Waals surface area contributed by atoms with Crippen LogP contribution in [0.5, 0.6) is 5.75 Å². The number of carbonyl (C=O) groups excluding carboxylic acids is 2. The predicted molar refractivity (Wildman–Crippen MR) is 112 cm³/mol. The fourth-order valence-corrected chi connectivity index (χ4v) is 4.23. The van der Waals surface area contributed by atoms with Crippen molar-refractivity contribution in [2.45, 2.75) is 19.4 Å². The fourth-order valence-electron chi connectivity index (χ4n) is 4.23. The smallest absolute Gasteiger partial charge is 0.321 e. The molecule has 7 heteroatoms. The summed E-state index contributed by atoms with van der Waals surface area (Å²) >= 11 is 0. The highest BCUT2D eigenvalue weighted by atomic mass is 19.1. The van der Waals surface area contributed by atoms with E-state index in [-0.39, 0.29) is 23.5 Å². The van der Waals surface area contributed by atoms with E-state index in [1.165, 1.54) is 19.2 Å². The van der Waals surface area contributed by atoms with Crippen LogP contribution < -0.4 is 15.0 Å². The van der Waals surface area contributed by atoms with Gasteiger partial charge in [-0.2, -0.15) is 0 Å². The van der Waals surface area contributed by atoms with Gasteiger partial charge in [-0.1, -0.05) is 12.1 Å². The van der Waals surface area contributed by atoms with Crippen LogP contribution in [0.25, 0.3) is 0 Å². The Morgan fingerprint density at radius 3 is 2.67 bits per heavy atom. The molecule has 4 rings (SSSR count). The summed E-state index contributed by atoms with van der Waals surface area (Å²) in [6.45, 7) is 3.68. The number of carbonyl (C=O) groups is 2. The number of hydrogen-bond acceptors (Lipinski definition) is 4. The molecule has 6 nitrogen and oxygen atoms in total. The predicted octanol–water partition coefficient (Wildman–Crippen LogP) is 3.46. The van der Waals surface area contributed by atoms with Gasteiger partial charge in [-0.15, -0.1) is 0 Å². The first-order chi connectivity index (χ1) is 14.5. The van der Waals surface area contributed by atoms with Crippen LogP contribution >= 0.6 is 0 Å². The summed E-state index contributed by atoms with van der Waals surface area (Å²) < 4.78 is 18.9.